The van der Waals surface area contributed by atoms with E-state index in [1.807, 2.05) is 31.2 Å². The van der Waals surface area contributed by atoms with Crippen molar-refractivity contribution in [2.24, 2.45) is 5.92 Å². The summed E-state index contributed by atoms with van der Waals surface area (Å²) >= 11 is 0. The monoisotopic (exact) mass is 218 g/mol. The summed E-state index contributed by atoms with van der Waals surface area (Å²) in [7, 11) is 0. The smallest absolute Gasteiger partial charge is 0.163 e. The molecule has 0 unspecified atom stereocenters. The highest BCUT2D eigenvalue weighted by molar-refractivity contribution is 5.96. The molecule has 0 aromatic heterocycles. The van der Waals surface area contributed by atoms with Gasteiger partial charge in [-0.05, 0) is 31.4 Å². The molecular formula is C14H18O2. The Hall–Kier alpha value is -1.31. The molecular weight excluding hydrogens is 200 g/mol. The lowest BCUT2D eigenvalue weighted by Gasteiger charge is -2.05. The molecule has 0 saturated heterocycles. The number of Topliss-reactive ketones (excluding diaryl/α,β-unsaturated/α-hetero) is 1. The van der Waals surface area contributed by atoms with E-state index in [2.05, 4.69) is 0 Å². The average molecular weight is 218 g/mol. The molecule has 1 aliphatic carbocycles. The number of hydrogen-bond acceptors (Lipinski definition) is 2. The molecule has 1 aromatic carbocycles. The number of carbonyl (C=O) groups is 1. The van der Waals surface area contributed by atoms with Crippen LogP contribution in [0.3, 0.4) is 0 Å². The first-order valence-corrected chi connectivity index (χ1v) is 6.05. The lowest BCUT2D eigenvalue weighted by atomic mass is 10.0. The Bertz CT molecular complexity index is 367. The van der Waals surface area contributed by atoms with Crippen molar-refractivity contribution in [2.75, 3.05) is 6.61 Å². The molecule has 0 radical (unpaired) electrons. The van der Waals surface area contributed by atoms with E-state index in [-0.39, 0.29) is 5.78 Å². The summed E-state index contributed by atoms with van der Waals surface area (Å²) in [5.74, 6) is 1.85. The van der Waals surface area contributed by atoms with Crippen LogP contribution >= 0.6 is 0 Å². The molecule has 0 amide bonds. The summed E-state index contributed by atoms with van der Waals surface area (Å²) in [6.07, 6.45) is 4.36. The summed E-state index contributed by atoms with van der Waals surface area (Å²) in [4.78, 5) is 11.9. The molecule has 1 aliphatic rings. The number of benzene rings is 1. The normalized spacial score (nSPS) is 14.8. The first kappa shape index (κ1) is 11.2. The summed E-state index contributed by atoms with van der Waals surface area (Å²) in [6.45, 7) is 2.58. The molecule has 86 valence electrons. The van der Waals surface area contributed by atoms with Crippen LogP contribution < -0.4 is 4.74 Å². The molecule has 0 N–H and O–H groups in total. The fourth-order valence-corrected chi connectivity index (χ4v) is 1.81. The predicted octanol–water partition coefficient (Wildman–Crippen LogP) is 3.46. The second-order valence-corrected chi connectivity index (χ2v) is 4.37. The highest BCUT2D eigenvalue weighted by atomic mass is 16.5. The molecule has 0 atom stereocenters. The van der Waals surface area contributed by atoms with Crippen molar-refractivity contribution >= 4 is 5.78 Å². The largest absolute Gasteiger partial charge is 0.494 e. The molecule has 2 heteroatoms. The number of carbonyl (C=O) groups excluding carboxylic acids is 1. The van der Waals surface area contributed by atoms with Crippen LogP contribution in [0.25, 0.3) is 0 Å². The Morgan fingerprint density at radius 1 is 1.44 bits per heavy atom. The average Bonchev–Trinajstić information content (AvgIpc) is 3.10. The second-order valence-electron chi connectivity index (χ2n) is 4.37. The van der Waals surface area contributed by atoms with Gasteiger partial charge in [-0.25, -0.2) is 0 Å². The van der Waals surface area contributed by atoms with E-state index >= 15 is 0 Å². The molecule has 0 spiro atoms. The van der Waals surface area contributed by atoms with E-state index in [9.17, 15) is 4.79 Å². The van der Waals surface area contributed by atoms with Gasteiger partial charge in [-0.1, -0.05) is 25.0 Å². The zero-order chi connectivity index (χ0) is 11.4. The Kier molecular flexibility index (Phi) is 3.60. The first-order valence-electron chi connectivity index (χ1n) is 6.05. The zero-order valence-electron chi connectivity index (χ0n) is 9.74. The molecule has 1 fully saturated rings. The standard InChI is InChI=1S/C14H18O2/c1-2-16-13-5-3-4-12(10-13)14(15)9-8-11-6-7-11/h3-5,10-11H,2,6-9H2,1H3. The lowest BCUT2D eigenvalue weighted by molar-refractivity contribution is 0.0977. The van der Waals surface area contributed by atoms with Crippen molar-refractivity contribution in [3.8, 4) is 5.75 Å². The summed E-state index contributed by atoms with van der Waals surface area (Å²) in [6, 6.07) is 7.49. The minimum atomic E-state index is 0.244. The van der Waals surface area contributed by atoms with E-state index in [4.69, 9.17) is 4.74 Å². The van der Waals surface area contributed by atoms with Crippen LogP contribution in [0.5, 0.6) is 5.75 Å². The van der Waals surface area contributed by atoms with Crippen LogP contribution in [-0.4, -0.2) is 12.4 Å². The molecule has 16 heavy (non-hydrogen) atoms. The van der Waals surface area contributed by atoms with Gasteiger partial charge in [0.15, 0.2) is 5.78 Å². The van der Waals surface area contributed by atoms with E-state index in [0.717, 1.165) is 23.7 Å². The summed E-state index contributed by atoms with van der Waals surface area (Å²) in [5, 5.41) is 0. The van der Waals surface area contributed by atoms with Gasteiger partial charge in [0.1, 0.15) is 5.75 Å². The van der Waals surface area contributed by atoms with Gasteiger partial charge in [0.2, 0.25) is 0 Å². The Morgan fingerprint density at radius 2 is 2.25 bits per heavy atom. The third-order valence-corrected chi connectivity index (χ3v) is 2.94. The van der Waals surface area contributed by atoms with Gasteiger partial charge in [-0.3, -0.25) is 4.79 Å². The molecule has 2 nitrogen and oxygen atoms in total. The number of ketones is 1. The van der Waals surface area contributed by atoms with Gasteiger partial charge in [0.05, 0.1) is 6.61 Å². The second kappa shape index (κ2) is 5.15. The molecule has 1 aromatic rings. The molecule has 0 bridgehead atoms. The van der Waals surface area contributed by atoms with Crippen molar-refractivity contribution in [2.45, 2.75) is 32.6 Å². The fourth-order valence-electron chi connectivity index (χ4n) is 1.81. The van der Waals surface area contributed by atoms with Crippen LogP contribution in [0, 0.1) is 5.92 Å². The van der Waals surface area contributed by atoms with E-state index < -0.39 is 0 Å². The van der Waals surface area contributed by atoms with Gasteiger partial charge >= 0.3 is 0 Å². The molecule has 0 aliphatic heterocycles. The van der Waals surface area contributed by atoms with Gasteiger partial charge in [-0.15, -0.1) is 0 Å². The van der Waals surface area contributed by atoms with Crippen molar-refractivity contribution < 1.29 is 9.53 Å². The quantitative estimate of drug-likeness (QED) is 0.683. The maximum atomic E-state index is 11.9. The molecule has 2 rings (SSSR count). The van der Waals surface area contributed by atoms with Crippen molar-refractivity contribution in [1.82, 2.24) is 0 Å². The third-order valence-electron chi connectivity index (χ3n) is 2.94. The lowest BCUT2D eigenvalue weighted by Crippen LogP contribution is -2.00. The van der Waals surface area contributed by atoms with Crippen molar-refractivity contribution in [3.63, 3.8) is 0 Å². The molecule has 0 heterocycles. The van der Waals surface area contributed by atoms with Gasteiger partial charge in [0, 0.05) is 12.0 Å². The summed E-state index contributed by atoms with van der Waals surface area (Å²) < 4.78 is 5.38. The Morgan fingerprint density at radius 3 is 2.94 bits per heavy atom. The number of rotatable bonds is 6. The van der Waals surface area contributed by atoms with Crippen LogP contribution in [-0.2, 0) is 0 Å². The van der Waals surface area contributed by atoms with Gasteiger partial charge in [0.25, 0.3) is 0 Å². The number of ether oxygens (including phenoxy) is 1. The minimum absolute atomic E-state index is 0.244. The topological polar surface area (TPSA) is 26.3 Å². The summed E-state index contributed by atoms with van der Waals surface area (Å²) in [5.41, 5.74) is 0.784. The van der Waals surface area contributed by atoms with Crippen LogP contribution in [0.1, 0.15) is 43.0 Å². The van der Waals surface area contributed by atoms with E-state index in [1.54, 1.807) is 0 Å². The van der Waals surface area contributed by atoms with Crippen LogP contribution in [0.4, 0.5) is 0 Å². The Labute approximate surface area is 96.6 Å². The van der Waals surface area contributed by atoms with Crippen molar-refractivity contribution in [1.29, 1.82) is 0 Å². The fraction of sp³-hybridized carbons (Fsp3) is 0.500. The maximum Gasteiger partial charge on any atom is 0.163 e. The first-order chi connectivity index (χ1) is 7.79. The van der Waals surface area contributed by atoms with E-state index in [1.165, 1.54) is 12.8 Å². The van der Waals surface area contributed by atoms with Crippen LogP contribution in [0.2, 0.25) is 0 Å². The van der Waals surface area contributed by atoms with Gasteiger partial charge in [-0.2, -0.15) is 0 Å². The minimum Gasteiger partial charge on any atom is -0.494 e. The molecule has 1 saturated carbocycles. The zero-order valence-corrected chi connectivity index (χ0v) is 9.74. The third kappa shape index (κ3) is 3.09. The van der Waals surface area contributed by atoms with Crippen molar-refractivity contribution in [3.05, 3.63) is 29.8 Å². The Balaban J connectivity index is 1.94. The highest BCUT2D eigenvalue weighted by Crippen LogP contribution is 2.33. The predicted molar refractivity (Wildman–Crippen MR) is 63.9 cm³/mol. The van der Waals surface area contributed by atoms with Crippen LogP contribution in [0.15, 0.2) is 24.3 Å². The van der Waals surface area contributed by atoms with E-state index in [0.29, 0.717) is 13.0 Å². The highest BCUT2D eigenvalue weighted by Gasteiger charge is 2.22. The SMILES string of the molecule is CCOc1cccc(C(=O)CCC2CC2)c1. The maximum absolute atomic E-state index is 11.9. The number of hydrogen-bond donors (Lipinski definition) is 0. The van der Waals surface area contributed by atoms with Gasteiger partial charge < -0.3 is 4.74 Å².